The predicted molar refractivity (Wildman–Crippen MR) is 281 cm³/mol. The fourth-order valence-corrected chi connectivity index (χ4v) is 8.70. The van der Waals surface area contributed by atoms with E-state index in [9.17, 15) is 10.6 Å². The topological polar surface area (TPSA) is 50.9 Å². The second kappa shape index (κ2) is 17.5. The minimum atomic E-state index is -3.94. The van der Waals surface area contributed by atoms with Crippen LogP contribution in [0.25, 0.3) is 95.0 Å². The Kier molecular flexibility index (Phi) is 7.22. The van der Waals surface area contributed by atoms with Gasteiger partial charge in [-0.2, -0.15) is 0 Å². The summed E-state index contributed by atoms with van der Waals surface area (Å²) < 4.78 is 151. The number of para-hydroxylation sites is 1. The maximum absolute atomic E-state index is 12.1. The van der Waals surface area contributed by atoms with Crippen LogP contribution in [0.5, 0.6) is 5.75 Å². The van der Waals surface area contributed by atoms with E-state index >= 15 is 0 Å². The lowest BCUT2D eigenvalue weighted by Crippen LogP contribution is -2.10. The number of phenolic OH excluding ortho intramolecular Hbond substituents is 1. The van der Waals surface area contributed by atoms with Gasteiger partial charge >= 0.3 is 0 Å². The molecule has 2 heterocycles. The van der Waals surface area contributed by atoms with E-state index in [1.54, 1.807) is 12.1 Å². The van der Waals surface area contributed by atoms with Gasteiger partial charge in [-0.25, -0.2) is 4.98 Å². The van der Waals surface area contributed by atoms with E-state index in [2.05, 4.69) is 17.1 Å². The molecular weight excluding hydrogens is 815 g/mol. The first-order chi connectivity index (χ1) is 39.4. The molecule has 4 nitrogen and oxygen atoms in total. The molecule has 0 unspecified atom stereocenters. The summed E-state index contributed by atoms with van der Waals surface area (Å²) in [6, 6.07) is 41.3. The number of hydrogen-bond acceptors (Lipinski definition) is 3. The van der Waals surface area contributed by atoms with Gasteiger partial charge in [-0.1, -0.05) is 168 Å². The van der Waals surface area contributed by atoms with E-state index in [4.69, 9.17) is 22.8 Å². The fraction of sp³-hybridized carbons (Fsp3) is 0.143. The summed E-state index contributed by atoms with van der Waals surface area (Å²) in [6.45, 7) is -4.37. The molecule has 0 bridgehead atoms. The molecule has 4 heteroatoms. The van der Waals surface area contributed by atoms with Crippen molar-refractivity contribution < 1.29 is 28.4 Å². The van der Waals surface area contributed by atoms with Gasteiger partial charge < -0.3 is 5.11 Å². The molecular formula is C63H55N3O. The zero-order valence-corrected chi connectivity index (χ0v) is 37.2. The van der Waals surface area contributed by atoms with Crippen LogP contribution in [-0.2, 0) is 5.41 Å². The molecule has 10 aromatic rings. The molecule has 0 radical (unpaired) electrons. The lowest BCUT2D eigenvalue weighted by atomic mass is 9.86. The Bertz CT molecular complexity index is 4180. The van der Waals surface area contributed by atoms with E-state index in [-0.39, 0.29) is 17.0 Å². The third-order valence-corrected chi connectivity index (χ3v) is 11.9. The van der Waals surface area contributed by atoms with Crippen molar-refractivity contribution in [2.24, 2.45) is 0 Å². The molecule has 0 saturated heterocycles. The van der Waals surface area contributed by atoms with Crippen LogP contribution in [0.4, 0.5) is 0 Å². The summed E-state index contributed by atoms with van der Waals surface area (Å²) in [5, 5.41) is 12.1. The minimum absolute atomic E-state index is 0.0111. The summed E-state index contributed by atoms with van der Waals surface area (Å²) in [7, 11) is 0. The van der Waals surface area contributed by atoms with Crippen molar-refractivity contribution in [2.75, 3.05) is 0 Å². The molecule has 0 saturated carbocycles. The number of aryl methyl sites for hydroxylation is 2. The highest BCUT2D eigenvalue weighted by atomic mass is 16.3. The number of fused-ring (bicyclic) bond motifs is 1. The Hall–Kier alpha value is -7.82. The summed E-state index contributed by atoms with van der Waals surface area (Å²) in [4.78, 5) is 9.90. The second-order valence-corrected chi connectivity index (χ2v) is 16.9. The summed E-state index contributed by atoms with van der Waals surface area (Å²) in [6.07, 6.45) is -0.756. The van der Waals surface area contributed by atoms with Gasteiger partial charge in [0.25, 0.3) is 0 Å². The van der Waals surface area contributed by atoms with Crippen molar-refractivity contribution in [1.29, 1.82) is 0 Å². The number of hydrogen-bond donors (Lipinski definition) is 1. The smallest absolute Gasteiger partial charge is 0.149 e. The lowest BCUT2D eigenvalue weighted by Gasteiger charge is -2.22. The van der Waals surface area contributed by atoms with Gasteiger partial charge in [0.1, 0.15) is 11.6 Å². The molecule has 0 aliphatic rings. The minimum Gasteiger partial charge on any atom is -0.507 e. The van der Waals surface area contributed by atoms with Crippen LogP contribution in [-0.4, -0.2) is 19.6 Å². The third kappa shape index (κ3) is 8.36. The van der Waals surface area contributed by atoms with Crippen LogP contribution >= 0.6 is 0 Å². The van der Waals surface area contributed by atoms with Crippen LogP contribution in [0, 0.1) is 13.8 Å². The standard InChI is InChI=1S/C63H55N3O/c1-40(2)53-38-55(46-22-15-10-16-23-46)59(39-54(53)45-20-13-9-14-21-45)66-58-25-17-24-52(60(58)65-62(66)56-33-41(3)32-42(4)61(56)67)49-34-48(43-18-11-8-12-19-43)35-50(36-49)57-37-47(30-31-64-57)44-26-28-51(29-27-44)63(5,6)7/h8-40,67H,1-7H3/i5D3,6D3,7D3,26D,27D,28D,29D,30D,31D,37D,40D. The van der Waals surface area contributed by atoms with E-state index in [0.717, 1.165) is 33.4 Å². The number of rotatable bonds is 9. The molecule has 67 heavy (non-hydrogen) atoms. The van der Waals surface area contributed by atoms with Crippen LogP contribution in [0.15, 0.2) is 194 Å². The summed E-state index contributed by atoms with van der Waals surface area (Å²) in [5.74, 6) is -0.662. The molecule has 1 N–H and O–H groups in total. The summed E-state index contributed by atoms with van der Waals surface area (Å²) in [5.41, 5.74) is 3.40. The number of phenols is 1. The average Bonchev–Trinajstić information content (AvgIpc) is 1.03. The quantitative estimate of drug-likeness (QED) is 0.157. The zero-order chi connectivity index (χ0) is 60.9. The van der Waals surface area contributed by atoms with E-state index in [1.165, 1.54) is 0 Å². The van der Waals surface area contributed by atoms with Gasteiger partial charge in [0.05, 0.1) is 37.6 Å². The molecule has 0 aliphatic carbocycles. The molecule has 2 aromatic heterocycles. The molecule has 0 amide bonds. The van der Waals surface area contributed by atoms with Gasteiger partial charge in [-0.3, -0.25) is 9.55 Å². The molecule has 0 spiro atoms. The Morgan fingerprint density at radius 1 is 0.582 bits per heavy atom. The third-order valence-electron chi connectivity index (χ3n) is 11.9. The van der Waals surface area contributed by atoms with Crippen molar-refractivity contribution >= 4 is 11.0 Å². The molecule has 0 aliphatic heterocycles. The van der Waals surface area contributed by atoms with Crippen LogP contribution < -0.4 is 0 Å². The normalized spacial score (nSPS) is 16.1. The first-order valence-corrected chi connectivity index (χ1v) is 21.8. The van der Waals surface area contributed by atoms with Gasteiger partial charge in [-0.05, 0) is 146 Å². The van der Waals surface area contributed by atoms with E-state index < -0.39 is 91.0 Å². The highest BCUT2D eigenvalue weighted by Crippen LogP contribution is 2.45. The maximum Gasteiger partial charge on any atom is 0.149 e. The number of nitrogens with zero attached hydrogens (tertiary/aromatic N) is 3. The molecule has 328 valence electrons. The Labute approximate surface area is 418 Å². The number of imidazole rings is 1. The van der Waals surface area contributed by atoms with E-state index in [0.29, 0.717) is 55.9 Å². The number of aromatic nitrogens is 3. The highest BCUT2D eigenvalue weighted by Gasteiger charge is 2.25. The molecule has 8 aromatic carbocycles. The Morgan fingerprint density at radius 2 is 1.22 bits per heavy atom. The van der Waals surface area contributed by atoms with Gasteiger partial charge in [0.2, 0.25) is 0 Å². The molecule has 0 fully saturated rings. The average molecular weight is 887 g/mol. The van der Waals surface area contributed by atoms with Crippen molar-refractivity contribution in [3.63, 3.8) is 0 Å². The number of aromatic hydroxyl groups is 1. The monoisotopic (exact) mass is 887 g/mol. The second-order valence-electron chi connectivity index (χ2n) is 16.9. The van der Waals surface area contributed by atoms with Crippen LogP contribution in [0.3, 0.4) is 0 Å². The fourth-order valence-electron chi connectivity index (χ4n) is 8.70. The highest BCUT2D eigenvalue weighted by molar-refractivity contribution is 5.99. The molecule has 10 rings (SSSR count). The first-order valence-electron chi connectivity index (χ1n) is 30.3. The van der Waals surface area contributed by atoms with Gasteiger partial charge in [0, 0.05) is 36.6 Å². The van der Waals surface area contributed by atoms with Crippen LogP contribution in [0.2, 0.25) is 0 Å². The largest absolute Gasteiger partial charge is 0.507 e. The zero-order valence-electron chi connectivity index (χ0n) is 54.2. The lowest BCUT2D eigenvalue weighted by molar-refractivity contribution is 0.472. The first kappa shape index (κ1) is 27.6. The SMILES string of the molecule is [2H]c1nc(-c2cc(-c3ccccc3)cc(-c3cccc4c3nc(-c3cc(C)cc(C)c3O)n4-c3cc(-c4ccccc4)c(C([2H])(C)C)cc3-c3ccccc3)c2)c([2H])c(-c2c([2H])c([2H])c(C(C([2H])([2H])[2H])(C([2H])([2H])[2H])C([2H])([2H])[2H])c([2H])c2[2H])c1[2H]. The van der Waals surface area contributed by atoms with Crippen molar-refractivity contribution in [3.05, 3.63) is 216 Å². The Balaban J connectivity index is 1.28. The Morgan fingerprint density at radius 3 is 1.90 bits per heavy atom. The van der Waals surface area contributed by atoms with Crippen molar-refractivity contribution in [2.45, 2.75) is 59.6 Å². The molecule has 0 atom stereocenters. The van der Waals surface area contributed by atoms with Gasteiger partial charge in [0.15, 0.2) is 0 Å². The number of benzene rings is 8. The predicted octanol–water partition coefficient (Wildman–Crippen LogP) is 16.8. The van der Waals surface area contributed by atoms with Crippen molar-refractivity contribution in [3.8, 4) is 89.7 Å². The maximum atomic E-state index is 12.1. The number of pyridine rings is 1. The van der Waals surface area contributed by atoms with E-state index in [1.807, 2.05) is 160 Å². The van der Waals surface area contributed by atoms with Crippen molar-refractivity contribution in [1.82, 2.24) is 14.5 Å². The summed E-state index contributed by atoms with van der Waals surface area (Å²) >= 11 is 0. The van der Waals surface area contributed by atoms with Gasteiger partial charge in [-0.15, -0.1) is 0 Å². The van der Waals surface area contributed by atoms with Crippen LogP contribution in [0.1, 0.15) is 85.9 Å².